The van der Waals surface area contributed by atoms with Gasteiger partial charge in [0.25, 0.3) is 0 Å². The summed E-state index contributed by atoms with van der Waals surface area (Å²) in [6.45, 7) is 4.65. The molecule has 1 heteroatoms. The average molecular weight is 139 g/mol. The van der Waals surface area contributed by atoms with Crippen LogP contribution in [0.4, 0.5) is 0 Å². The number of rotatable bonds is 1. The molecule has 1 unspecified atom stereocenters. The Hall–Kier alpha value is -0.300. The smallest absolute Gasteiger partial charge is 0.00413 e. The minimum absolute atomic E-state index is 0.823. The van der Waals surface area contributed by atoms with Gasteiger partial charge in [0.2, 0.25) is 0 Å². The zero-order valence-corrected chi connectivity index (χ0v) is 7.01. The van der Waals surface area contributed by atoms with Crippen molar-refractivity contribution in [1.29, 1.82) is 0 Å². The van der Waals surface area contributed by atoms with Gasteiger partial charge >= 0.3 is 0 Å². The Morgan fingerprint density at radius 3 is 2.90 bits per heavy atom. The normalized spacial score (nSPS) is 29.6. The van der Waals surface area contributed by atoms with E-state index in [1.54, 1.807) is 0 Å². The standard InChI is InChI=1S/C9H17N/c1-3-5-9-6-4-7-10(2)8-9/h3,5,9H,4,6-8H2,1-2H3/b5-3+. The van der Waals surface area contributed by atoms with E-state index < -0.39 is 0 Å². The zero-order valence-electron chi connectivity index (χ0n) is 7.01. The molecular weight excluding hydrogens is 122 g/mol. The van der Waals surface area contributed by atoms with Crippen LogP contribution in [0.3, 0.4) is 0 Å². The third-order valence-corrected chi connectivity index (χ3v) is 2.13. The largest absolute Gasteiger partial charge is 0.306 e. The minimum atomic E-state index is 0.823. The summed E-state index contributed by atoms with van der Waals surface area (Å²) in [6.07, 6.45) is 7.25. The molecule has 58 valence electrons. The maximum atomic E-state index is 2.41. The van der Waals surface area contributed by atoms with Gasteiger partial charge in [-0.1, -0.05) is 12.2 Å². The Morgan fingerprint density at radius 2 is 2.30 bits per heavy atom. The van der Waals surface area contributed by atoms with Crippen molar-refractivity contribution < 1.29 is 0 Å². The van der Waals surface area contributed by atoms with Gasteiger partial charge in [-0.3, -0.25) is 0 Å². The number of allylic oxidation sites excluding steroid dienone is 1. The molecule has 0 aromatic rings. The average Bonchev–Trinajstić information content (AvgIpc) is 1.88. The second-order valence-corrected chi connectivity index (χ2v) is 3.19. The van der Waals surface area contributed by atoms with Crippen molar-refractivity contribution in [2.45, 2.75) is 19.8 Å². The first-order chi connectivity index (χ1) is 4.83. The molecule has 10 heavy (non-hydrogen) atoms. The second kappa shape index (κ2) is 3.77. The van der Waals surface area contributed by atoms with Crippen LogP contribution in [0, 0.1) is 5.92 Å². The first kappa shape index (κ1) is 7.80. The highest BCUT2D eigenvalue weighted by atomic mass is 15.1. The molecule has 0 N–H and O–H groups in total. The van der Waals surface area contributed by atoms with Crippen LogP contribution in [0.25, 0.3) is 0 Å². The van der Waals surface area contributed by atoms with Crippen LogP contribution in [0.5, 0.6) is 0 Å². The van der Waals surface area contributed by atoms with Crippen molar-refractivity contribution in [2.24, 2.45) is 5.92 Å². The van der Waals surface area contributed by atoms with Crippen LogP contribution in [0.15, 0.2) is 12.2 Å². The number of hydrogen-bond donors (Lipinski definition) is 0. The van der Waals surface area contributed by atoms with Crippen LogP contribution < -0.4 is 0 Å². The molecule has 1 fully saturated rings. The van der Waals surface area contributed by atoms with E-state index >= 15 is 0 Å². The summed E-state index contributed by atoms with van der Waals surface area (Å²) in [4.78, 5) is 2.41. The molecule has 1 rings (SSSR count). The van der Waals surface area contributed by atoms with Gasteiger partial charge in [0, 0.05) is 6.54 Å². The summed E-state index contributed by atoms with van der Waals surface area (Å²) in [5.41, 5.74) is 0. The van der Waals surface area contributed by atoms with Crippen molar-refractivity contribution in [2.75, 3.05) is 20.1 Å². The van der Waals surface area contributed by atoms with Crippen molar-refractivity contribution in [1.82, 2.24) is 4.90 Å². The molecule has 0 radical (unpaired) electrons. The topological polar surface area (TPSA) is 3.24 Å². The van der Waals surface area contributed by atoms with Gasteiger partial charge in [-0.25, -0.2) is 0 Å². The van der Waals surface area contributed by atoms with E-state index in [0.717, 1.165) is 5.92 Å². The Labute approximate surface area is 63.7 Å². The second-order valence-electron chi connectivity index (χ2n) is 3.19. The van der Waals surface area contributed by atoms with E-state index in [1.807, 2.05) is 0 Å². The molecule has 0 bridgehead atoms. The molecule has 1 saturated heterocycles. The molecule has 0 aromatic heterocycles. The van der Waals surface area contributed by atoms with Crippen LogP contribution >= 0.6 is 0 Å². The van der Waals surface area contributed by atoms with Gasteiger partial charge in [-0.15, -0.1) is 0 Å². The van der Waals surface area contributed by atoms with Crippen molar-refractivity contribution in [3.8, 4) is 0 Å². The molecule has 0 aromatic carbocycles. The maximum Gasteiger partial charge on any atom is 0.00413 e. The summed E-state index contributed by atoms with van der Waals surface area (Å²) >= 11 is 0. The molecule has 1 aliphatic rings. The van der Waals surface area contributed by atoms with E-state index in [1.165, 1.54) is 25.9 Å². The molecule has 1 heterocycles. The van der Waals surface area contributed by atoms with Crippen LogP contribution in [0.1, 0.15) is 19.8 Å². The number of likely N-dealkylation sites (tertiary alicyclic amines) is 1. The van der Waals surface area contributed by atoms with Gasteiger partial charge in [-0.2, -0.15) is 0 Å². The molecule has 0 aliphatic carbocycles. The monoisotopic (exact) mass is 139 g/mol. The maximum absolute atomic E-state index is 2.41. The Kier molecular flexibility index (Phi) is 2.94. The first-order valence-electron chi connectivity index (χ1n) is 4.14. The minimum Gasteiger partial charge on any atom is -0.306 e. The van der Waals surface area contributed by atoms with Crippen molar-refractivity contribution in [3.05, 3.63) is 12.2 Å². The summed E-state index contributed by atoms with van der Waals surface area (Å²) in [7, 11) is 2.20. The van der Waals surface area contributed by atoms with Gasteiger partial charge in [-0.05, 0) is 39.3 Å². The molecule has 1 aliphatic heterocycles. The highest BCUT2D eigenvalue weighted by molar-refractivity contribution is 4.89. The van der Waals surface area contributed by atoms with Crippen molar-refractivity contribution in [3.63, 3.8) is 0 Å². The lowest BCUT2D eigenvalue weighted by molar-refractivity contribution is 0.237. The lowest BCUT2D eigenvalue weighted by atomic mass is 9.98. The SMILES string of the molecule is C/C=C/C1CCCN(C)C1. The molecular formula is C9H17N. The Bertz CT molecular complexity index is 118. The van der Waals surface area contributed by atoms with Crippen LogP contribution in [0.2, 0.25) is 0 Å². The molecule has 1 nitrogen and oxygen atoms in total. The van der Waals surface area contributed by atoms with Crippen LogP contribution in [-0.4, -0.2) is 25.0 Å². The molecule has 0 spiro atoms. The fourth-order valence-electron chi connectivity index (χ4n) is 1.64. The van der Waals surface area contributed by atoms with Gasteiger partial charge in [0.1, 0.15) is 0 Å². The summed E-state index contributed by atoms with van der Waals surface area (Å²) in [6, 6.07) is 0. The van der Waals surface area contributed by atoms with Crippen LogP contribution in [-0.2, 0) is 0 Å². The number of hydrogen-bond acceptors (Lipinski definition) is 1. The fraction of sp³-hybridized carbons (Fsp3) is 0.778. The number of piperidine rings is 1. The molecule has 0 amide bonds. The van der Waals surface area contributed by atoms with Gasteiger partial charge in [0.05, 0.1) is 0 Å². The van der Waals surface area contributed by atoms with E-state index in [4.69, 9.17) is 0 Å². The van der Waals surface area contributed by atoms with Gasteiger partial charge < -0.3 is 4.90 Å². The van der Waals surface area contributed by atoms with E-state index in [2.05, 4.69) is 31.0 Å². The zero-order chi connectivity index (χ0) is 7.40. The Morgan fingerprint density at radius 1 is 1.50 bits per heavy atom. The third-order valence-electron chi connectivity index (χ3n) is 2.13. The Balaban J connectivity index is 2.32. The summed E-state index contributed by atoms with van der Waals surface area (Å²) in [5, 5.41) is 0. The number of nitrogens with zero attached hydrogens (tertiary/aromatic N) is 1. The fourth-order valence-corrected chi connectivity index (χ4v) is 1.64. The highest BCUT2D eigenvalue weighted by Gasteiger charge is 2.13. The van der Waals surface area contributed by atoms with E-state index in [9.17, 15) is 0 Å². The van der Waals surface area contributed by atoms with E-state index in [-0.39, 0.29) is 0 Å². The summed E-state index contributed by atoms with van der Waals surface area (Å²) < 4.78 is 0. The lowest BCUT2D eigenvalue weighted by Crippen LogP contribution is -2.30. The highest BCUT2D eigenvalue weighted by Crippen LogP contribution is 2.15. The van der Waals surface area contributed by atoms with Gasteiger partial charge in [0.15, 0.2) is 0 Å². The third kappa shape index (κ3) is 2.14. The van der Waals surface area contributed by atoms with E-state index in [0.29, 0.717) is 0 Å². The molecule has 1 atom stereocenters. The summed E-state index contributed by atoms with van der Waals surface area (Å²) in [5.74, 6) is 0.823. The lowest BCUT2D eigenvalue weighted by Gasteiger charge is -2.27. The quantitative estimate of drug-likeness (QED) is 0.501. The van der Waals surface area contributed by atoms with Crippen molar-refractivity contribution >= 4 is 0 Å². The predicted molar refractivity (Wildman–Crippen MR) is 45.0 cm³/mol. The first-order valence-corrected chi connectivity index (χ1v) is 4.14. The molecule has 0 saturated carbocycles. The predicted octanol–water partition coefficient (Wildman–Crippen LogP) is 1.90.